The number of aromatic amines is 1. The fourth-order valence-electron chi connectivity index (χ4n) is 4.74. The van der Waals surface area contributed by atoms with E-state index in [2.05, 4.69) is 40.8 Å². The van der Waals surface area contributed by atoms with E-state index in [4.69, 9.17) is 11.6 Å². The molecule has 14 heteroatoms. The molecule has 4 aromatic rings. The minimum atomic E-state index is -4.51. The number of hydrogen-bond donors (Lipinski definition) is 4. The third kappa shape index (κ3) is 7.61. The number of halogens is 4. The Labute approximate surface area is 251 Å². The molecule has 10 nitrogen and oxygen atoms in total. The number of nitrogens with zero attached hydrogens (tertiary/aromatic N) is 5. The molecule has 0 atom stereocenters. The molecule has 1 aliphatic heterocycles. The van der Waals surface area contributed by atoms with E-state index in [9.17, 15) is 18.0 Å². The number of anilines is 5. The van der Waals surface area contributed by atoms with E-state index in [1.807, 2.05) is 24.9 Å². The highest BCUT2D eigenvalue weighted by Gasteiger charge is 2.34. The van der Waals surface area contributed by atoms with Crippen LogP contribution in [0.25, 0.3) is 0 Å². The Bertz CT molecular complexity index is 1600. The Morgan fingerprint density at radius 2 is 1.74 bits per heavy atom. The predicted molar refractivity (Wildman–Crippen MR) is 160 cm³/mol. The highest BCUT2D eigenvalue weighted by Crippen LogP contribution is 2.35. The molecule has 0 radical (unpaired) electrons. The van der Waals surface area contributed by atoms with Gasteiger partial charge in [0.1, 0.15) is 23.2 Å². The van der Waals surface area contributed by atoms with Crippen LogP contribution < -0.4 is 16.0 Å². The number of nitrogens with one attached hydrogen (secondary N) is 4. The average Bonchev–Trinajstić information content (AvgIpc) is 3.40. The summed E-state index contributed by atoms with van der Waals surface area (Å²) in [6.45, 7) is 6.78. The first-order chi connectivity index (χ1) is 20.4. The molecule has 0 bridgehead atoms. The van der Waals surface area contributed by atoms with Gasteiger partial charge in [0.15, 0.2) is 0 Å². The van der Waals surface area contributed by atoms with Gasteiger partial charge in [-0.15, -0.1) is 0 Å². The first-order valence-corrected chi connectivity index (χ1v) is 13.9. The zero-order valence-corrected chi connectivity index (χ0v) is 24.6. The molecule has 0 spiro atoms. The van der Waals surface area contributed by atoms with Crippen LogP contribution in [0.4, 0.5) is 42.1 Å². The Hall–Kier alpha value is -4.20. The van der Waals surface area contributed by atoms with Crippen molar-refractivity contribution in [3.05, 3.63) is 81.9 Å². The number of carbonyl (C=O) groups excluding carboxylic acids is 1. The summed E-state index contributed by atoms with van der Waals surface area (Å²) < 4.78 is 42.1. The van der Waals surface area contributed by atoms with Crippen molar-refractivity contribution >= 4 is 46.5 Å². The smallest absolute Gasteiger partial charge is 0.340 e. The maximum absolute atomic E-state index is 14.0. The van der Waals surface area contributed by atoms with Crippen molar-refractivity contribution in [2.45, 2.75) is 26.6 Å². The number of hydrogen-bond acceptors (Lipinski definition) is 8. The molecule has 3 heterocycles. The van der Waals surface area contributed by atoms with Gasteiger partial charge < -0.3 is 25.8 Å². The van der Waals surface area contributed by atoms with Gasteiger partial charge in [-0.1, -0.05) is 29.8 Å². The van der Waals surface area contributed by atoms with Gasteiger partial charge in [0.25, 0.3) is 5.91 Å². The minimum Gasteiger partial charge on any atom is -0.340 e. The van der Waals surface area contributed by atoms with Gasteiger partial charge in [0.2, 0.25) is 5.95 Å². The van der Waals surface area contributed by atoms with E-state index in [0.29, 0.717) is 35.4 Å². The molecule has 226 valence electrons. The highest BCUT2D eigenvalue weighted by molar-refractivity contribution is 6.34. The number of likely N-dealkylation sites (N-methyl/N-ethyl adjacent to an activating group) is 1. The van der Waals surface area contributed by atoms with Crippen LogP contribution in [0.2, 0.25) is 5.02 Å². The summed E-state index contributed by atoms with van der Waals surface area (Å²) in [5.74, 6) is 0.774. The maximum Gasteiger partial charge on any atom is 0.416 e. The molecule has 0 aliphatic carbocycles. The number of aryl methyl sites for hydroxylation is 2. The van der Waals surface area contributed by atoms with Crippen molar-refractivity contribution in [2.75, 3.05) is 49.2 Å². The van der Waals surface area contributed by atoms with Crippen LogP contribution in [0.3, 0.4) is 0 Å². The molecule has 0 unspecified atom stereocenters. The topological polar surface area (TPSA) is 114 Å². The van der Waals surface area contributed by atoms with E-state index < -0.39 is 17.6 Å². The van der Waals surface area contributed by atoms with E-state index in [0.717, 1.165) is 24.7 Å². The molecule has 2 aromatic heterocycles. The second-order valence-corrected chi connectivity index (χ2v) is 10.8. The Morgan fingerprint density at radius 3 is 2.44 bits per heavy atom. The number of aromatic nitrogens is 4. The number of para-hydroxylation sites is 1. The van der Waals surface area contributed by atoms with Gasteiger partial charge in [-0.3, -0.25) is 9.69 Å². The SMILES string of the molecule is Cc1nc(Nc2ccc(CN3CCN(C)CC3)c(C(F)(F)F)c2)cc(Nc2ncc(C(=O)Nc3c(C)cccc3Cl)[nH]2)n1. The zero-order chi connectivity index (χ0) is 30.7. The zero-order valence-electron chi connectivity index (χ0n) is 23.8. The Balaban J connectivity index is 1.29. The lowest BCUT2D eigenvalue weighted by atomic mass is 10.0. The molecule has 0 saturated carbocycles. The van der Waals surface area contributed by atoms with E-state index in [1.165, 1.54) is 18.3 Å². The van der Waals surface area contributed by atoms with Gasteiger partial charge in [0, 0.05) is 44.5 Å². The molecule has 1 amide bonds. The number of alkyl halides is 3. The fourth-order valence-corrected chi connectivity index (χ4v) is 5.01. The van der Waals surface area contributed by atoms with Crippen molar-refractivity contribution in [3.63, 3.8) is 0 Å². The van der Waals surface area contributed by atoms with Gasteiger partial charge in [-0.2, -0.15) is 13.2 Å². The molecule has 1 fully saturated rings. The summed E-state index contributed by atoms with van der Waals surface area (Å²) in [6, 6.07) is 11.1. The van der Waals surface area contributed by atoms with Crippen LogP contribution in [-0.4, -0.2) is 68.9 Å². The van der Waals surface area contributed by atoms with Gasteiger partial charge in [-0.25, -0.2) is 15.0 Å². The third-order valence-electron chi connectivity index (χ3n) is 7.04. The van der Waals surface area contributed by atoms with Crippen LogP contribution >= 0.6 is 11.6 Å². The largest absolute Gasteiger partial charge is 0.416 e. The third-order valence-corrected chi connectivity index (χ3v) is 7.36. The summed E-state index contributed by atoms with van der Waals surface area (Å²) in [5, 5.41) is 9.12. The number of rotatable bonds is 8. The summed E-state index contributed by atoms with van der Waals surface area (Å²) >= 11 is 6.21. The predicted octanol–water partition coefficient (Wildman–Crippen LogP) is 5.98. The van der Waals surface area contributed by atoms with Crippen LogP contribution in [0.15, 0.2) is 48.7 Å². The Morgan fingerprint density at radius 1 is 1.02 bits per heavy atom. The van der Waals surface area contributed by atoms with E-state index in [-0.39, 0.29) is 35.3 Å². The molecule has 5 rings (SSSR count). The quantitative estimate of drug-likeness (QED) is 0.192. The number of benzene rings is 2. The van der Waals surface area contributed by atoms with E-state index in [1.54, 1.807) is 25.1 Å². The first-order valence-electron chi connectivity index (χ1n) is 13.6. The van der Waals surface area contributed by atoms with Crippen LogP contribution in [0.5, 0.6) is 0 Å². The van der Waals surface area contributed by atoms with Crippen molar-refractivity contribution < 1.29 is 18.0 Å². The van der Waals surface area contributed by atoms with Crippen molar-refractivity contribution in [3.8, 4) is 0 Å². The molecule has 43 heavy (non-hydrogen) atoms. The monoisotopic (exact) mass is 613 g/mol. The average molecular weight is 614 g/mol. The Kier molecular flexibility index (Phi) is 8.85. The minimum absolute atomic E-state index is 0.183. The lowest BCUT2D eigenvalue weighted by Crippen LogP contribution is -2.44. The van der Waals surface area contributed by atoms with Gasteiger partial charge in [-0.05, 0) is 50.2 Å². The van der Waals surface area contributed by atoms with Gasteiger partial charge in [0.05, 0.1) is 22.5 Å². The standard InChI is InChI=1S/C29H31ClF3N9O/c1-17-5-4-6-22(30)26(17)40-27(43)23-15-34-28(38-23)39-25-14-24(35-18(2)36-25)37-20-8-7-19(21(13-20)29(31,32)33)16-42-11-9-41(3)10-12-42/h4-8,13-15H,9-12,16H2,1-3H3,(H,40,43)(H3,34,35,36,37,38,39). The highest BCUT2D eigenvalue weighted by atomic mass is 35.5. The van der Waals surface area contributed by atoms with E-state index >= 15 is 0 Å². The summed E-state index contributed by atoms with van der Waals surface area (Å²) in [7, 11) is 2.00. The first kappa shape index (κ1) is 30.3. The molecule has 1 aliphatic rings. The second-order valence-electron chi connectivity index (χ2n) is 10.4. The summed E-state index contributed by atoms with van der Waals surface area (Å²) in [6.07, 6.45) is -3.15. The molecular formula is C29H31ClF3N9O. The lowest BCUT2D eigenvalue weighted by Gasteiger charge is -2.33. The lowest BCUT2D eigenvalue weighted by molar-refractivity contribution is -0.138. The number of piperazine rings is 1. The molecular weight excluding hydrogens is 583 g/mol. The molecule has 1 saturated heterocycles. The number of imidazole rings is 1. The number of amides is 1. The van der Waals surface area contributed by atoms with Crippen molar-refractivity contribution in [1.29, 1.82) is 0 Å². The normalized spacial score (nSPS) is 14.5. The van der Waals surface area contributed by atoms with Gasteiger partial charge >= 0.3 is 6.18 Å². The van der Waals surface area contributed by atoms with Crippen LogP contribution in [0.1, 0.15) is 33.0 Å². The maximum atomic E-state index is 14.0. The number of H-pyrrole nitrogens is 1. The fraction of sp³-hybridized carbons (Fsp3) is 0.310. The summed E-state index contributed by atoms with van der Waals surface area (Å²) in [5.41, 5.74) is 1.27. The second kappa shape index (κ2) is 12.6. The van der Waals surface area contributed by atoms with Crippen molar-refractivity contribution in [2.24, 2.45) is 0 Å². The van der Waals surface area contributed by atoms with Crippen LogP contribution in [-0.2, 0) is 12.7 Å². The van der Waals surface area contributed by atoms with Crippen molar-refractivity contribution in [1.82, 2.24) is 29.7 Å². The number of carbonyl (C=O) groups is 1. The van der Waals surface area contributed by atoms with Crippen LogP contribution in [0, 0.1) is 13.8 Å². The molecule has 2 aromatic carbocycles. The molecule has 4 N–H and O–H groups in total. The summed E-state index contributed by atoms with van der Waals surface area (Å²) in [4.78, 5) is 32.7.